The molecule has 2 rings (SSSR count). The van der Waals surface area contributed by atoms with Gasteiger partial charge >= 0.3 is 0 Å². The van der Waals surface area contributed by atoms with Gasteiger partial charge in [-0.15, -0.1) is 0 Å². The van der Waals surface area contributed by atoms with E-state index in [0.717, 1.165) is 17.7 Å². The van der Waals surface area contributed by atoms with Gasteiger partial charge < -0.3 is 9.84 Å². The number of methoxy groups -OCH3 is 1. The van der Waals surface area contributed by atoms with Crippen molar-refractivity contribution in [1.29, 1.82) is 0 Å². The maximum absolute atomic E-state index is 10.0. The van der Waals surface area contributed by atoms with Gasteiger partial charge in [0.1, 0.15) is 5.75 Å². The average Bonchev–Trinajstić information content (AvgIpc) is 2.37. The van der Waals surface area contributed by atoms with Crippen LogP contribution in [0.4, 0.5) is 0 Å². The van der Waals surface area contributed by atoms with Crippen LogP contribution in [0.25, 0.3) is 0 Å². The van der Waals surface area contributed by atoms with Crippen molar-refractivity contribution in [2.24, 2.45) is 5.41 Å². The van der Waals surface area contributed by atoms with Crippen molar-refractivity contribution in [2.75, 3.05) is 7.11 Å². The quantitative estimate of drug-likeness (QED) is 0.740. The van der Waals surface area contributed by atoms with Crippen LogP contribution >= 0.6 is 0 Å². The first-order valence-electron chi connectivity index (χ1n) is 4.89. The van der Waals surface area contributed by atoms with Crippen LogP contribution in [0.5, 0.6) is 5.75 Å². The Labute approximate surface area is 84.5 Å². The molecule has 1 N–H and O–H groups in total. The van der Waals surface area contributed by atoms with Crippen LogP contribution in [0, 0.1) is 5.41 Å². The SMILES string of the molecule is COc1ccc2c(c1)CC(C)(C)C2O. The van der Waals surface area contributed by atoms with E-state index in [1.165, 1.54) is 5.56 Å². The first kappa shape index (κ1) is 9.53. The summed E-state index contributed by atoms with van der Waals surface area (Å²) in [7, 11) is 1.66. The highest BCUT2D eigenvalue weighted by Crippen LogP contribution is 2.45. The Hall–Kier alpha value is -1.02. The van der Waals surface area contributed by atoms with Crippen LogP contribution in [-0.4, -0.2) is 12.2 Å². The van der Waals surface area contributed by atoms with Crippen molar-refractivity contribution in [2.45, 2.75) is 26.4 Å². The zero-order valence-electron chi connectivity index (χ0n) is 8.87. The van der Waals surface area contributed by atoms with Gasteiger partial charge in [-0.25, -0.2) is 0 Å². The first-order chi connectivity index (χ1) is 6.54. The van der Waals surface area contributed by atoms with E-state index in [1.807, 2.05) is 18.2 Å². The molecule has 0 heterocycles. The number of rotatable bonds is 1. The highest BCUT2D eigenvalue weighted by Gasteiger charge is 2.37. The maximum atomic E-state index is 10.0. The van der Waals surface area contributed by atoms with Crippen LogP contribution in [0.3, 0.4) is 0 Å². The summed E-state index contributed by atoms with van der Waals surface area (Å²) in [5.41, 5.74) is 2.21. The second-order valence-corrected chi connectivity index (χ2v) is 4.63. The van der Waals surface area contributed by atoms with Crippen molar-refractivity contribution < 1.29 is 9.84 Å². The molecule has 14 heavy (non-hydrogen) atoms. The fourth-order valence-corrected chi connectivity index (χ4v) is 2.14. The average molecular weight is 192 g/mol. The van der Waals surface area contributed by atoms with E-state index in [0.29, 0.717) is 0 Å². The molecule has 2 heteroatoms. The molecule has 0 spiro atoms. The van der Waals surface area contributed by atoms with E-state index in [2.05, 4.69) is 13.8 Å². The molecule has 0 fully saturated rings. The molecule has 1 aromatic carbocycles. The van der Waals surface area contributed by atoms with E-state index in [4.69, 9.17) is 4.74 Å². The molecule has 0 aromatic heterocycles. The van der Waals surface area contributed by atoms with E-state index >= 15 is 0 Å². The van der Waals surface area contributed by atoms with Crippen molar-refractivity contribution in [3.63, 3.8) is 0 Å². The van der Waals surface area contributed by atoms with Crippen LogP contribution in [0.15, 0.2) is 18.2 Å². The van der Waals surface area contributed by atoms with Gasteiger partial charge in [0.05, 0.1) is 13.2 Å². The number of fused-ring (bicyclic) bond motifs is 1. The molecule has 1 unspecified atom stereocenters. The van der Waals surface area contributed by atoms with Gasteiger partial charge in [0.25, 0.3) is 0 Å². The Morgan fingerprint density at radius 1 is 1.43 bits per heavy atom. The summed E-state index contributed by atoms with van der Waals surface area (Å²) in [6.45, 7) is 4.17. The van der Waals surface area contributed by atoms with Gasteiger partial charge in [0.15, 0.2) is 0 Å². The van der Waals surface area contributed by atoms with Crippen LogP contribution in [0.1, 0.15) is 31.1 Å². The molecule has 1 aliphatic rings. The summed E-state index contributed by atoms with van der Waals surface area (Å²) >= 11 is 0. The molecular weight excluding hydrogens is 176 g/mol. The number of benzene rings is 1. The summed E-state index contributed by atoms with van der Waals surface area (Å²) in [5.74, 6) is 0.869. The predicted octanol–water partition coefficient (Wildman–Crippen LogP) is 2.31. The highest BCUT2D eigenvalue weighted by molar-refractivity contribution is 5.41. The molecule has 0 amide bonds. The lowest BCUT2D eigenvalue weighted by Crippen LogP contribution is -2.16. The number of aliphatic hydroxyl groups excluding tert-OH is 1. The molecule has 0 radical (unpaired) electrons. The fourth-order valence-electron chi connectivity index (χ4n) is 2.14. The Morgan fingerprint density at radius 3 is 2.79 bits per heavy atom. The Balaban J connectivity index is 2.44. The van der Waals surface area contributed by atoms with Gasteiger partial charge in [0.2, 0.25) is 0 Å². The second kappa shape index (κ2) is 2.99. The molecule has 0 saturated heterocycles. The van der Waals surface area contributed by atoms with Crippen molar-refractivity contribution >= 4 is 0 Å². The summed E-state index contributed by atoms with van der Waals surface area (Å²) < 4.78 is 5.16. The lowest BCUT2D eigenvalue weighted by molar-refractivity contribution is 0.0666. The molecule has 76 valence electrons. The Bertz CT molecular complexity index is 355. The van der Waals surface area contributed by atoms with Crippen molar-refractivity contribution in [1.82, 2.24) is 0 Å². The smallest absolute Gasteiger partial charge is 0.119 e. The standard InChI is InChI=1S/C12H16O2/c1-12(2)7-8-6-9(14-3)4-5-10(8)11(12)13/h4-6,11,13H,7H2,1-3H3. The summed E-state index contributed by atoms with van der Waals surface area (Å²) in [6.07, 6.45) is 0.573. The lowest BCUT2D eigenvalue weighted by atomic mass is 9.88. The Kier molecular flexibility index (Phi) is 2.04. The van der Waals surface area contributed by atoms with E-state index in [9.17, 15) is 5.11 Å². The van der Waals surface area contributed by atoms with Gasteiger partial charge in [-0.3, -0.25) is 0 Å². The molecule has 1 atom stereocenters. The lowest BCUT2D eigenvalue weighted by Gasteiger charge is -2.22. The molecule has 0 saturated carbocycles. The highest BCUT2D eigenvalue weighted by atomic mass is 16.5. The summed E-state index contributed by atoms with van der Waals surface area (Å²) in [4.78, 5) is 0. The first-order valence-corrected chi connectivity index (χ1v) is 4.89. The molecule has 2 nitrogen and oxygen atoms in total. The van der Waals surface area contributed by atoms with Gasteiger partial charge in [-0.05, 0) is 35.1 Å². The van der Waals surface area contributed by atoms with Gasteiger partial charge in [-0.1, -0.05) is 19.9 Å². The zero-order valence-corrected chi connectivity index (χ0v) is 8.87. The monoisotopic (exact) mass is 192 g/mol. The molecule has 0 aliphatic heterocycles. The van der Waals surface area contributed by atoms with Gasteiger partial charge in [0, 0.05) is 0 Å². The minimum Gasteiger partial charge on any atom is -0.497 e. The zero-order chi connectivity index (χ0) is 10.3. The van der Waals surface area contributed by atoms with Crippen LogP contribution in [-0.2, 0) is 6.42 Å². The summed E-state index contributed by atoms with van der Waals surface area (Å²) in [5, 5.41) is 10.0. The number of hydrogen-bond acceptors (Lipinski definition) is 2. The van der Waals surface area contributed by atoms with E-state index in [1.54, 1.807) is 7.11 Å². The molecule has 0 bridgehead atoms. The minimum atomic E-state index is -0.344. The largest absolute Gasteiger partial charge is 0.497 e. The normalized spacial score (nSPS) is 23.3. The van der Waals surface area contributed by atoms with Gasteiger partial charge in [-0.2, -0.15) is 0 Å². The van der Waals surface area contributed by atoms with Crippen molar-refractivity contribution in [3.8, 4) is 5.75 Å². The fraction of sp³-hybridized carbons (Fsp3) is 0.500. The molecule has 1 aromatic rings. The number of aliphatic hydroxyl groups is 1. The predicted molar refractivity (Wildman–Crippen MR) is 55.4 cm³/mol. The van der Waals surface area contributed by atoms with Crippen LogP contribution in [0.2, 0.25) is 0 Å². The third-order valence-electron chi connectivity index (χ3n) is 3.03. The third-order valence-corrected chi connectivity index (χ3v) is 3.03. The molecule has 1 aliphatic carbocycles. The third kappa shape index (κ3) is 1.30. The Morgan fingerprint density at radius 2 is 2.14 bits per heavy atom. The van der Waals surface area contributed by atoms with E-state index < -0.39 is 0 Å². The summed E-state index contributed by atoms with van der Waals surface area (Å²) in [6, 6.07) is 5.89. The van der Waals surface area contributed by atoms with E-state index in [-0.39, 0.29) is 11.5 Å². The van der Waals surface area contributed by atoms with Crippen molar-refractivity contribution in [3.05, 3.63) is 29.3 Å². The van der Waals surface area contributed by atoms with Crippen LogP contribution < -0.4 is 4.74 Å². The maximum Gasteiger partial charge on any atom is 0.119 e. The number of ether oxygens (including phenoxy) is 1. The molecular formula is C12H16O2. The number of hydrogen-bond donors (Lipinski definition) is 1. The minimum absolute atomic E-state index is 0.0469. The second-order valence-electron chi connectivity index (χ2n) is 4.63. The topological polar surface area (TPSA) is 29.5 Å².